The van der Waals surface area contributed by atoms with Gasteiger partial charge in [-0.05, 0) is 31.0 Å². The second-order valence-electron chi connectivity index (χ2n) is 5.73. The van der Waals surface area contributed by atoms with Gasteiger partial charge in [0.2, 0.25) is 16.9 Å². The molecule has 0 radical (unpaired) electrons. The predicted octanol–water partition coefficient (Wildman–Crippen LogP) is 2.02. The van der Waals surface area contributed by atoms with Crippen LogP contribution in [-0.2, 0) is 16.0 Å². The number of anilines is 1. The normalized spacial score (nSPS) is 17.3. The Kier molecular flexibility index (Phi) is 4.84. The van der Waals surface area contributed by atoms with Crippen LogP contribution in [0.15, 0.2) is 24.3 Å². The minimum absolute atomic E-state index is 0.0364. The topological polar surface area (TPSA) is 75.2 Å². The van der Waals surface area contributed by atoms with Crippen molar-refractivity contribution in [3.8, 4) is 0 Å². The number of benzene rings is 1. The zero-order valence-electron chi connectivity index (χ0n) is 13.2. The van der Waals surface area contributed by atoms with Crippen LogP contribution in [0, 0.1) is 18.7 Å². The molecule has 1 fully saturated rings. The summed E-state index contributed by atoms with van der Waals surface area (Å²) in [5.74, 6) is -0.899. The van der Waals surface area contributed by atoms with Gasteiger partial charge in [-0.25, -0.2) is 4.39 Å². The summed E-state index contributed by atoms with van der Waals surface area (Å²) < 4.78 is 12.9. The molecule has 1 aromatic heterocycles. The third-order valence-electron chi connectivity index (χ3n) is 3.93. The molecule has 0 saturated carbocycles. The number of carbonyl (C=O) groups excluding carboxylic acids is 2. The average Bonchev–Trinajstić information content (AvgIpc) is 3.13. The lowest BCUT2D eigenvalue weighted by atomic mass is 10.1. The summed E-state index contributed by atoms with van der Waals surface area (Å²) in [6, 6.07) is 6.22. The Hall–Kier alpha value is -2.35. The second kappa shape index (κ2) is 7.04. The lowest BCUT2D eigenvalue weighted by molar-refractivity contribution is -0.128. The quantitative estimate of drug-likeness (QED) is 0.897. The highest BCUT2D eigenvalue weighted by atomic mass is 32.1. The van der Waals surface area contributed by atoms with Crippen LogP contribution in [0.1, 0.15) is 17.0 Å². The van der Waals surface area contributed by atoms with E-state index >= 15 is 0 Å². The zero-order valence-corrected chi connectivity index (χ0v) is 14.0. The van der Waals surface area contributed by atoms with Crippen LogP contribution in [-0.4, -0.2) is 40.0 Å². The van der Waals surface area contributed by atoms with Crippen LogP contribution in [0.3, 0.4) is 0 Å². The Balaban J connectivity index is 1.53. The van der Waals surface area contributed by atoms with Crippen molar-refractivity contribution >= 4 is 28.3 Å². The molecule has 1 aliphatic heterocycles. The van der Waals surface area contributed by atoms with Gasteiger partial charge in [0, 0.05) is 19.5 Å². The van der Waals surface area contributed by atoms with Gasteiger partial charge in [0.1, 0.15) is 10.8 Å². The van der Waals surface area contributed by atoms with Gasteiger partial charge in [-0.3, -0.25) is 9.59 Å². The molecule has 1 aliphatic rings. The first-order chi connectivity index (χ1) is 11.5. The molecule has 1 aromatic carbocycles. The number of aromatic nitrogens is 2. The molecule has 126 valence electrons. The summed E-state index contributed by atoms with van der Waals surface area (Å²) in [4.78, 5) is 26.0. The van der Waals surface area contributed by atoms with E-state index in [0.717, 1.165) is 10.6 Å². The first kappa shape index (κ1) is 16.5. The second-order valence-corrected chi connectivity index (χ2v) is 6.91. The van der Waals surface area contributed by atoms with Crippen molar-refractivity contribution in [2.75, 3.05) is 18.4 Å². The monoisotopic (exact) mass is 348 g/mol. The van der Waals surface area contributed by atoms with Crippen LogP contribution in [0.4, 0.5) is 9.52 Å². The fourth-order valence-corrected chi connectivity index (χ4v) is 3.23. The Bertz CT molecular complexity index is 747. The highest BCUT2D eigenvalue weighted by Crippen LogP contribution is 2.21. The molecule has 24 heavy (non-hydrogen) atoms. The highest BCUT2D eigenvalue weighted by Gasteiger charge is 2.34. The third-order valence-corrected chi connectivity index (χ3v) is 4.68. The van der Waals surface area contributed by atoms with E-state index in [2.05, 4.69) is 15.5 Å². The summed E-state index contributed by atoms with van der Waals surface area (Å²) in [6.45, 7) is 2.72. The number of rotatable bonds is 5. The first-order valence-electron chi connectivity index (χ1n) is 7.64. The standard InChI is InChI=1S/C16H17FN4O2S/c1-10-19-20-16(24-10)18-15(23)12-8-14(22)21(9-12)7-6-11-2-4-13(17)5-3-11/h2-5,12H,6-9H2,1H3,(H,18,20,23). The van der Waals surface area contributed by atoms with Crippen molar-refractivity contribution in [2.45, 2.75) is 19.8 Å². The van der Waals surface area contributed by atoms with E-state index in [-0.39, 0.29) is 30.0 Å². The number of nitrogens with zero attached hydrogens (tertiary/aromatic N) is 3. The fraction of sp³-hybridized carbons (Fsp3) is 0.375. The van der Waals surface area contributed by atoms with Crippen molar-refractivity contribution in [1.82, 2.24) is 15.1 Å². The van der Waals surface area contributed by atoms with Gasteiger partial charge in [0.25, 0.3) is 0 Å². The molecule has 0 aliphatic carbocycles. The maximum absolute atomic E-state index is 12.9. The van der Waals surface area contributed by atoms with Crippen LogP contribution in [0.2, 0.25) is 0 Å². The summed E-state index contributed by atoms with van der Waals surface area (Å²) in [7, 11) is 0. The Morgan fingerprint density at radius 2 is 2.12 bits per heavy atom. The average molecular weight is 348 g/mol. The lowest BCUT2D eigenvalue weighted by Gasteiger charge is -2.16. The molecule has 1 atom stereocenters. The first-order valence-corrected chi connectivity index (χ1v) is 8.46. The lowest BCUT2D eigenvalue weighted by Crippen LogP contribution is -2.30. The van der Waals surface area contributed by atoms with Gasteiger partial charge < -0.3 is 10.2 Å². The minimum Gasteiger partial charge on any atom is -0.342 e. The molecule has 8 heteroatoms. The predicted molar refractivity (Wildman–Crippen MR) is 88.1 cm³/mol. The van der Waals surface area contributed by atoms with Gasteiger partial charge in [-0.1, -0.05) is 23.5 Å². The molecule has 0 spiro atoms. The van der Waals surface area contributed by atoms with Gasteiger partial charge in [0.05, 0.1) is 5.92 Å². The van der Waals surface area contributed by atoms with Gasteiger partial charge in [0.15, 0.2) is 0 Å². The molecule has 1 saturated heterocycles. The van der Waals surface area contributed by atoms with Crippen molar-refractivity contribution in [3.05, 3.63) is 40.7 Å². The highest BCUT2D eigenvalue weighted by molar-refractivity contribution is 7.15. The number of nitrogens with one attached hydrogen (secondary N) is 1. The molecule has 6 nitrogen and oxygen atoms in total. The summed E-state index contributed by atoms with van der Waals surface area (Å²) in [5, 5.41) is 11.6. The smallest absolute Gasteiger partial charge is 0.231 e. The summed E-state index contributed by atoms with van der Waals surface area (Å²) in [6.07, 6.45) is 0.836. The van der Waals surface area contributed by atoms with E-state index in [9.17, 15) is 14.0 Å². The molecule has 3 rings (SSSR count). The van der Waals surface area contributed by atoms with Crippen molar-refractivity contribution in [2.24, 2.45) is 5.92 Å². The van der Waals surface area contributed by atoms with E-state index in [1.165, 1.54) is 23.5 Å². The van der Waals surface area contributed by atoms with E-state index in [0.29, 0.717) is 24.6 Å². The van der Waals surface area contributed by atoms with Gasteiger partial charge >= 0.3 is 0 Å². The van der Waals surface area contributed by atoms with Crippen LogP contribution in [0.25, 0.3) is 0 Å². The van der Waals surface area contributed by atoms with E-state index in [4.69, 9.17) is 0 Å². The molecule has 2 aromatic rings. The fourth-order valence-electron chi connectivity index (χ4n) is 2.63. The number of aryl methyl sites for hydroxylation is 1. The van der Waals surface area contributed by atoms with Crippen LogP contribution in [0.5, 0.6) is 0 Å². The minimum atomic E-state index is -0.380. The summed E-state index contributed by atoms with van der Waals surface area (Å²) in [5.41, 5.74) is 0.960. The van der Waals surface area contributed by atoms with Gasteiger partial charge in [-0.2, -0.15) is 0 Å². The molecular formula is C16H17FN4O2S. The van der Waals surface area contributed by atoms with E-state index in [1.54, 1.807) is 17.0 Å². The molecule has 0 bridgehead atoms. The maximum Gasteiger partial charge on any atom is 0.231 e. The maximum atomic E-state index is 12.9. The summed E-state index contributed by atoms with van der Waals surface area (Å²) >= 11 is 1.30. The van der Waals surface area contributed by atoms with Crippen molar-refractivity contribution < 1.29 is 14.0 Å². The number of amides is 2. The number of hydrogen-bond acceptors (Lipinski definition) is 5. The van der Waals surface area contributed by atoms with Crippen molar-refractivity contribution in [3.63, 3.8) is 0 Å². The Morgan fingerprint density at radius 1 is 1.38 bits per heavy atom. The molecule has 1 N–H and O–H groups in total. The van der Waals surface area contributed by atoms with Crippen LogP contribution >= 0.6 is 11.3 Å². The SMILES string of the molecule is Cc1nnc(NC(=O)C2CC(=O)N(CCc3ccc(F)cc3)C2)s1. The van der Waals surface area contributed by atoms with E-state index < -0.39 is 0 Å². The third kappa shape index (κ3) is 3.94. The van der Waals surface area contributed by atoms with E-state index in [1.807, 2.05) is 6.92 Å². The van der Waals surface area contributed by atoms with Crippen LogP contribution < -0.4 is 5.32 Å². The molecule has 2 amide bonds. The number of likely N-dealkylation sites (tertiary alicyclic amines) is 1. The number of halogens is 1. The number of hydrogen-bond donors (Lipinski definition) is 1. The zero-order chi connectivity index (χ0) is 17.1. The molecule has 2 heterocycles. The van der Waals surface area contributed by atoms with Crippen molar-refractivity contribution in [1.29, 1.82) is 0 Å². The Labute approximate surface area is 142 Å². The largest absolute Gasteiger partial charge is 0.342 e. The van der Waals surface area contributed by atoms with Gasteiger partial charge in [-0.15, -0.1) is 10.2 Å². The Morgan fingerprint density at radius 3 is 2.79 bits per heavy atom. The number of carbonyl (C=O) groups is 2. The molecular weight excluding hydrogens is 331 g/mol. The molecule has 1 unspecified atom stereocenters.